The molecule has 2 heterocycles. The molecule has 0 aromatic carbocycles. The number of carboxylic acids is 1. The third-order valence-electron chi connectivity index (χ3n) is 2.87. The first-order chi connectivity index (χ1) is 9.49. The van der Waals surface area contributed by atoms with Crippen molar-refractivity contribution in [1.29, 1.82) is 0 Å². The number of nitrogens with one attached hydrogen (secondary N) is 1. The fourth-order valence-corrected chi connectivity index (χ4v) is 4.11. The predicted molar refractivity (Wildman–Crippen MR) is 73.8 cm³/mol. The standard InChI is InChI=1S/C11H16N2O5S2/c14-11(15)8-9(10-2-1-7-19-10)12-20(16,17)13-3-5-18-6-4-13/h1-2,7,9,12H,3-6,8H2,(H,14,15). The highest BCUT2D eigenvalue weighted by molar-refractivity contribution is 7.87. The molecule has 2 rings (SSSR count). The number of hydrogen-bond acceptors (Lipinski definition) is 5. The van der Waals surface area contributed by atoms with E-state index in [9.17, 15) is 13.2 Å². The molecule has 1 aromatic heterocycles. The second-order valence-electron chi connectivity index (χ2n) is 4.30. The van der Waals surface area contributed by atoms with E-state index in [0.717, 1.165) is 0 Å². The largest absolute Gasteiger partial charge is 0.481 e. The highest BCUT2D eigenvalue weighted by Crippen LogP contribution is 2.23. The van der Waals surface area contributed by atoms with Gasteiger partial charge in [-0.15, -0.1) is 11.3 Å². The number of hydrogen-bond donors (Lipinski definition) is 2. The highest BCUT2D eigenvalue weighted by atomic mass is 32.2. The first-order valence-electron chi connectivity index (χ1n) is 6.09. The topological polar surface area (TPSA) is 95.9 Å². The molecule has 1 atom stereocenters. The van der Waals surface area contributed by atoms with E-state index in [1.165, 1.54) is 15.6 Å². The fraction of sp³-hybridized carbons (Fsp3) is 0.545. The van der Waals surface area contributed by atoms with Crippen LogP contribution in [0.4, 0.5) is 0 Å². The molecule has 1 saturated heterocycles. The van der Waals surface area contributed by atoms with Gasteiger partial charge in [0, 0.05) is 18.0 Å². The Kier molecular flexibility index (Phi) is 5.11. The lowest BCUT2D eigenvalue weighted by Crippen LogP contribution is -2.47. The van der Waals surface area contributed by atoms with Crippen molar-refractivity contribution in [2.45, 2.75) is 12.5 Å². The Labute approximate surface area is 121 Å². The van der Waals surface area contributed by atoms with E-state index in [1.54, 1.807) is 17.5 Å². The number of carboxylic acid groups (broad SMARTS) is 1. The van der Waals surface area contributed by atoms with E-state index in [4.69, 9.17) is 9.84 Å². The lowest BCUT2D eigenvalue weighted by molar-refractivity contribution is -0.137. The van der Waals surface area contributed by atoms with Crippen molar-refractivity contribution in [1.82, 2.24) is 9.03 Å². The van der Waals surface area contributed by atoms with E-state index in [2.05, 4.69) is 4.72 Å². The van der Waals surface area contributed by atoms with Gasteiger partial charge in [0.25, 0.3) is 10.2 Å². The smallest absolute Gasteiger partial charge is 0.305 e. The lowest BCUT2D eigenvalue weighted by Gasteiger charge is -2.28. The van der Waals surface area contributed by atoms with Crippen LogP contribution in [0.25, 0.3) is 0 Å². The Morgan fingerprint density at radius 1 is 1.50 bits per heavy atom. The third kappa shape index (κ3) is 4.00. The van der Waals surface area contributed by atoms with Crippen LogP contribution < -0.4 is 4.72 Å². The molecule has 1 aliphatic heterocycles. The summed E-state index contributed by atoms with van der Waals surface area (Å²) in [6.07, 6.45) is -0.288. The van der Waals surface area contributed by atoms with Crippen molar-refractivity contribution >= 4 is 27.5 Å². The fourth-order valence-electron chi connectivity index (χ4n) is 1.91. The van der Waals surface area contributed by atoms with Crippen molar-refractivity contribution in [3.8, 4) is 0 Å². The first kappa shape index (κ1) is 15.4. The van der Waals surface area contributed by atoms with Gasteiger partial charge >= 0.3 is 5.97 Å². The van der Waals surface area contributed by atoms with Gasteiger partial charge in [0.15, 0.2) is 0 Å². The maximum absolute atomic E-state index is 12.2. The van der Waals surface area contributed by atoms with E-state index >= 15 is 0 Å². The van der Waals surface area contributed by atoms with Crippen LogP contribution in [0.2, 0.25) is 0 Å². The molecular weight excluding hydrogens is 304 g/mol. The number of morpholine rings is 1. The summed E-state index contributed by atoms with van der Waals surface area (Å²) in [7, 11) is -3.71. The summed E-state index contributed by atoms with van der Waals surface area (Å²) >= 11 is 1.33. The molecule has 0 amide bonds. The number of ether oxygens (including phenoxy) is 1. The Hall–Kier alpha value is -1.00. The second kappa shape index (κ2) is 6.64. The highest BCUT2D eigenvalue weighted by Gasteiger charge is 2.29. The number of rotatable bonds is 6. The molecule has 0 spiro atoms. The Balaban J connectivity index is 2.12. The van der Waals surface area contributed by atoms with E-state index in [1.807, 2.05) is 0 Å². The van der Waals surface area contributed by atoms with Crippen LogP contribution in [-0.4, -0.2) is 50.1 Å². The predicted octanol–water partition coefficient (Wildman–Crippen LogP) is 0.431. The molecule has 1 aromatic rings. The normalized spacial score (nSPS) is 18.8. The van der Waals surface area contributed by atoms with Gasteiger partial charge in [-0.2, -0.15) is 17.4 Å². The molecule has 0 aliphatic carbocycles. The number of aliphatic carboxylic acids is 1. The first-order valence-corrected chi connectivity index (χ1v) is 8.41. The molecule has 2 N–H and O–H groups in total. The molecule has 1 aliphatic rings. The summed E-state index contributed by atoms with van der Waals surface area (Å²) in [5, 5.41) is 10.7. The zero-order valence-electron chi connectivity index (χ0n) is 10.7. The number of thiophene rings is 1. The molecule has 20 heavy (non-hydrogen) atoms. The number of carbonyl (C=O) groups is 1. The van der Waals surface area contributed by atoms with Gasteiger partial charge < -0.3 is 9.84 Å². The van der Waals surface area contributed by atoms with E-state index in [0.29, 0.717) is 18.1 Å². The van der Waals surface area contributed by atoms with Crippen LogP contribution in [0.1, 0.15) is 17.3 Å². The van der Waals surface area contributed by atoms with Crippen molar-refractivity contribution in [3.63, 3.8) is 0 Å². The summed E-state index contributed by atoms with van der Waals surface area (Å²) in [5.41, 5.74) is 0. The summed E-state index contributed by atoms with van der Waals surface area (Å²) in [5.74, 6) is -1.05. The van der Waals surface area contributed by atoms with E-state index in [-0.39, 0.29) is 19.5 Å². The molecule has 0 radical (unpaired) electrons. The van der Waals surface area contributed by atoms with Gasteiger partial charge in [-0.1, -0.05) is 6.07 Å². The molecule has 0 saturated carbocycles. The average molecular weight is 320 g/mol. The van der Waals surface area contributed by atoms with Crippen LogP contribution in [0, 0.1) is 0 Å². The van der Waals surface area contributed by atoms with Crippen LogP contribution in [0.3, 0.4) is 0 Å². The summed E-state index contributed by atoms with van der Waals surface area (Å²) in [4.78, 5) is 11.6. The summed E-state index contributed by atoms with van der Waals surface area (Å²) in [6.45, 7) is 1.26. The quantitative estimate of drug-likeness (QED) is 0.792. The van der Waals surface area contributed by atoms with Gasteiger partial charge in [-0.25, -0.2) is 0 Å². The van der Waals surface area contributed by atoms with Crippen LogP contribution in [-0.2, 0) is 19.7 Å². The number of nitrogens with zero attached hydrogens (tertiary/aromatic N) is 1. The van der Waals surface area contributed by atoms with Crippen LogP contribution in [0.15, 0.2) is 17.5 Å². The molecule has 9 heteroatoms. The molecule has 1 unspecified atom stereocenters. The van der Waals surface area contributed by atoms with E-state index < -0.39 is 22.2 Å². The second-order valence-corrected chi connectivity index (χ2v) is 6.98. The SMILES string of the molecule is O=C(O)CC(NS(=O)(=O)N1CCOCC1)c1cccs1. The lowest BCUT2D eigenvalue weighted by atomic mass is 10.2. The zero-order chi connectivity index (χ0) is 14.6. The third-order valence-corrected chi connectivity index (χ3v) is 5.48. The molecule has 0 bridgehead atoms. The summed E-state index contributed by atoms with van der Waals surface area (Å²) < 4.78 is 33.3. The van der Waals surface area contributed by atoms with Gasteiger partial charge in [-0.05, 0) is 11.4 Å². The Bertz CT molecular complexity index is 537. The Morgan fingerprint density at radius 2 is 2.20 bits per heavy atom. The maximum atomic E-state index is 12.2. The average Bonchev–Trinajstić information content (AvgIpc) is 2.92. The van der Waals surface area contributed by atoms with Crippen molar-refractivity contribution in [2.24, 2.45) is 0 Å². The Morgan fingerprint density at radius 3 is 2.75 bits per heavy atom. The van der Waals surface area contributed by atoms with Crippen molar-refractivity contribution in [2.75, 3.05) is 26.3 Å². The van der Waals surface area contributed by atoms with Crippen LogP contribution >= 0.6 is 11.3 Å². The molecule has 1 fully saturated rings. The van der Waals surface area contributed by atoms with Crippen molar-refractivity contribution in [3.05, 3.63) is 22.4 Å². The summed E-state index contributed by atoms with van der Waals surface area (Å²) in [6, 6.07) is 2.73. The minimum atomic E-state index is -3.71. The van der Waals surface area contributed by atoms with Gasteiger partial charge in [0.05, 0.1) is 25.7 Å². The zero-order valence-corrected chi connectivity index (χ0v) is 12.3. The van der Waals surface area contributed by atoms with Gasteiger partial charge in [0.2, 0.25) is 0 Å². The maximum Gasteiger partial charge on any atom is 0.305 e. The molecule has 112 valence electrons. The minimum Gasteiger partial charge on any atom is -0.481 e. The molecular formula is C11H16N2O5S2. The van der Waals surface area contributed by atoms with Crippen molar-refractivity contribution < 1.29 is 23.1 Å². The minimum absolute atomic E-state index is 0.277. The van der Waals surface area contributed by atoms with Gasteiger partial charge in [0.1, 0.15) is 0 Å². The van der Waals surface area contributed by atoms with Crippen LogP contribution in [0.5, 0.6) is 0 Å². The monoisotopic (exact) mass is 320 g/mol. The van der Waals surface area contributed by atoms with Gasteiger partial charge in [-0.3, -0.25) is 4.79 Å². The molecule has 7 nitrogen and oxygen atoms in total.